The van der Waals surface area contributed by atoms with Gasteiger partial charge < -0.3 is 19.7 Å². The quantitative estimate of drug-likeness (QED) is 0.595. The minimum atomic E-state index is -3.63. The number of amides is 2. The molecule has 3 aromatic rings. The molecule has 2 aromatic carbocycles. The lowest BCUT2D eigenvalue weighted by atomic mass is 10.1. The Bertz CT molecular complexity index is 1110. The minimum absolute atomic E-state index is 0.0718. The average molecular weight is 455 g/mol. The zero-order chi connectivity index (χ0) is 23.4. The standard InChI is InChI=1S/C24H23F2N3O4/c25-24(26,18-4-2-1-3-5-18)23(32)27-14-16-6-8-17(9-7-16)21-28-20(15-33-21)22(31)29-12-10-19(30)11-13-29/h1-9,15,19,30H,10-14H2,(H,27,32). The van der Waals surface area contributed by atoms with Crippen molar-refractivity contribution in [3.63, 3.8) is 0 Å². The summed E-state index contributed by atoms with van der Waals surface area (Å²) in [6.45, 7) is 0.857. The number of hydrogen-bond donors (Lipinski definition) is 2. The summed E-state index contributed by atoms with van der Waals surface area (Å²) in [5, 5.41) is 11.8. The van der Waals surface area contributed by atoms with E-state index in [1.54, 1.807) is 35.2 Å². The summed E-state index contributed by atoms with van der Waals surface area (Å²) >= 11 is 0. The second-order valence-corrected chi connectivity index (χ2v) is 7.88. The van der Waals surface area contributed by atoms with E-state index in [-0.39, 0.29) is 35.7 Å². The molecule has 1 aliphatic rings. The van der Waals surface area contributed by atoms with Gasteiger partial charge in [-0.2, -0.15) is 8.78 Å². The molecule has 172 valence electrons. The number of carbonyl (C=O) groups excluding carboxylic acids is 2. The van der Waals surface area contributed by atoms with E-state index in [0.717, 1.165) is 0 Å². The van der Waals surface area contributed by atoms with Crippen molar-refractivity contribution in [3.8, 4) is 11.5 Å². The number of aliphatic hydroxyl groups excluding tert-OH is 1. The van der Waals surface area contributed by atoms with E-state index in [2.05, 4.69) is 10.3 Å². The lowest BCUT2D eigenvalue weighted by molar-refractivity contribution is -0.147. The molecule has 0 radical (unpaired) electrons. The van der Waals surface area contributed by atoms with Crippen LogP contribution in [0.5, 0.6) is 0 Å². The number of oxazole rings is 1. The number of nitrogens with zero attached hydrogens (tertiary/aromatic N) is 2. The Balaban J connectivity index is 1.36. The number of carbonyl (C=O) groups is 2. The Labute approximate surface area is 189 Å². The SMILES string of the molecule is O=C(c1coc(-c2ccc(CNC(=O)C(F)(F)c3ccccc3)cc2)n1)N1CCC(O)CC1. The van der Waals surface area contributed by atoms with Crippen LogP contribution >= 0.6 is 0 Å². The van der Waals surface area contributed by atoms with Crippen molar-refractivity contribution in [2.75, 3.05) is 13.1 Å². The molecule has 1 aromatic heterocycles. The van der Waals surface area contributed by atoms with Crippen LogP contribution in [0.4, 0.5) is 8.78 Å². The largest absolute Gasteiger partial charge is 0.444 e. The fourth-order valence-electron chi connectivity index (χ4n) is 3.57. The van der Waals surface area contributed by atoms with Gasteiger partial charge in [-0.25, -0.2) is 4.98 Å². The molecule has 7 nitrogen and oxygen atoms in total. The van der Waals surface area contributed by atoms with Gasteiger partial charge in [0.2, 0.25) is 5.89 Å². The van der Waals surface area contributed by atoms with E-state index in [0.29, 0.717) is 37.1 Å². The van der Waals surface area contributed by atoms with Gasteiger partial charge in [0, 0.05) is 30.8 Å². The highest BCUT2D eigenvalue weighted by atomic mass is 19.3. The topological polar surface area (TPSA) is 95.7 Å². The fraction of sp³-hybridized carbons (Fsp3) is 0.292. The number of halogens is 2. The number of nitrogens with one attached hydrogen (secondary N) is 1. The van der Waals surface area contributed by atoms with E-state index in [9.17, 15) is 23.5 Å². The van der Waals surface area contributed by atoms with Crippen LogP contribution in [0.25, 0.3) is 11.5 Å². The summed E-state index contributed by atoms with van der Waals surface area (Å²) in [6, 6.07) is 13.6. The molecule has 1 saturated heterocycles. The zero-order valence-electron chi connectivity index (χ0n) is 17.7. The normalized spacial score (nSPS) is 14.8. The number of aromatic nitrogens is 1. The van der Waals surface area contributed by atoms with Gasteiger partial charge >= 0.3 is 5.92 Å². The number of rotatable bonds is 6. The van der Waals surface area contributed by atoms with Gasteiger partial charge in [-0.3, -0.25) is 9.59 Å². The molecule has 0 spiro atoms. The van der Waals surface area contributed by atoms with Crippen LogP contribution in [0.1, 0.15) is 34.5 Å². The molecular weight excluding hydrogens is 432 g/mol. The van der Waals surface area contributed by atoms with Gasteiger partial charge in [-0.05, 0) is 30.5 Å². The third-order valence-corrected chi connectivity index (χ3v) is 5.55. The summed E-state index contributed by atoms with van der Waals surface area (Å²) in [6.07, 6.45) is 1.98. The lowest BCUT2D eigenvalue weighted by Crippen LogP contribution is -2.40. The molecule has 0 aliphatic carbocycles. The summed E-state index contributed by atoms with van der Waals surface area (Å²) in [7, 11) is 0. The Morgan fingerprint density at radius 3 is 2.42 bits per heavy atom. The summed E-state index contributed by atoms with van der Waals surface area (Å²) in [4.78, 5) is 30.4. The van der Waals surface area contributed by atoms with Crippen LogP contribution in [0, 0.1) is 0 Å². The predicted octanol–water partition coefficient (Wildman–Crippen LogP) is 3.35. The molecule has 9 heteroatoms. The molecule has 2 heterocycles. The molecule has 4 rings (SSSR count). The first-order chi connectivity index (χ1) is 15.8. The highest BCUT2D eigenvalue weighted by Gasteiger charge is 2.40. The number of hydrogen-bond acceptors (Lipinski definition) is 5. The molecule has 0 unspecified atom stereocenters. The molecule has 1 aliphatic heterocycles. The first-order valence-electron chi connectivity index (χ1n) is 10.6. The van der Waals surface area contributed by atoms with E-state index < -0.39 is 11.8 Å². The van der Waals surface area contributed by atoms with E-state index in [1.165, 1.54) is 30.5 Å². The van der Waals surface area contributed by atoms with Gasteiger partial charge in [0.1, 0.15) is 6.26 Å². The Morgan fingerprint density at radius 2 is 1.76 bits per heavy atom. The minimum Gasteiger partial charge on any atom is -0.444 e. The van der Waals surface area contributed by atoms with Crippen LogP contribution in [-0.4, -0.2) is 46.0 Å². The van der Waals surface area contributed by atoms with E-state index in [4.69, 9.17) is 4.42 Å². The van der Waals surface area contributed by atoms with Gasteiger partial charge in [-0.15, -0.1) is 0 Å². The third kappa shape index (κ3) is 5.09. The van der Waals surface area contributed by atoms with Gasteiger partial charge in [0.05, 0.1) is 6.10 Å². The molecule has 2 amide bonds. The highest BCUT2D eigenvalue weighted by Crippen LogP contribution is 2.28. The van der Waals surface area contributed by atoms with Crippen LogP contribution in [0.3, 0.4) is 0 Å². The van der Waals surface area contributed by atoms with E-state index >= 15 is 0 Å². The maximum atomic E-state index is 14.3. The molecule has 0 atom stereocenters. The summed E-state index contributed by atoms with van der Waals surface area (Å²) in [5.41, 5.74) is 1.03. The molecule has 0 bridgehead atoms. The van der Waals surface area contributed by atoms with Crippen molar-refractivity contribution < 1.29 is 27.9 Å². The molecule has 2 N–H and O–H groups in total. The highest BCUT2D eigenvalue weighted by molar-refractivity contribution is 5.92. The average Bonchev–Trinajstić information content (AvgIpc) is 3.34. The van der Waals surface area contributed by atoms with Gasteiger partial charge in [0.25, 0.3) is 11.8 Å². The Morgan fingerprint density at radius 1 is 1.09 bits per heavy atom. The van der Waals surface area contributed by atoms with Crippen LogP contribution in [-0.2, 0) is 17.3 Å². The number of benzene rings is 2. The van der Waals surface area contributed by atoms with Crippen molar-refractivity contribution >= 4 is 11.8 Å². The van der Waals surface area contributed by atoms with E-state index in [1.807, 2.05) is 0 Å². The molecule has 33 heavy (non-hydrogen) atoms. The number of alkyl halides is 2. The Hall–Kier alpha value is -3.59. The smallest absolute Gasteiger partial charge is 0.349 e. The monoisotopic (exact) mass is 455 g/mol. The second-order valence-electron chi connectivity index (χ2n) is 7.88. The first kappa shape index (κ1) is 22.6. The first-order valence-corrected chi connectivity index (χ1v) is 10.6. The van der Waals surface area contributed by atoms with Crippen LogP contribution < -0.4 is 5.32 Å². The van der Waals surface area contributed by atoms with Gasteiger partial charge in [-0.1, -0.05) is 42.5 Å². The van der Waals surface area contributed by atoms with Crippen molar-refractivity contribution in [2.24, 2.45) is 0 Å². The summed E-state index contributed by atoms with van der Waals surface area (Å²) < 4.78 is 34.0. The predicted molar refractivity (Wildman–Crippen MR) is 115 cm³/mol. The second kappa shape index (κ2) is 9.50. The molecule has 0 saturated carbocycles. The number of likely N-dealkylation sites (tertiary alicyclic amines) is 1. The van der Waals surface area contributed by atoms with Crippen molar-refractivity contribution in [3.05, 3.63) is 77.7 Å². The molecule has 1 fully saturated rings. The van der Waals surface area contributed by atoms with Crippen LogP contribution in [0.2, 0.25) is 0 Å². The number of piperidine rings is 1. The van der Waals surface area contributed by atoms with Crippen molar-refractivity contribution in [1.29, 1.82) is 0 Å². The van der Waals surface area contributed by atoms with Crippen LogP contribution in [0.15, 0.2) is 65.3 Å². The lowest BCUT2D eigenvalue weighted by Gasteiger charge is -2.28. The van der Waals surface area contributed by atoms with Gasteiger partial charge in [0.15, 0.2) is 5.69 Å². The number of aliphatic hydroxyl groups is 1. The fourth-order valence-corrected chi connectivity index (χ4v) is 3.57. The van der Waals surface area contributed by atoms with Crippen molar-refractivity contribution in [1.82, 2.24) is 15.2 Å². The maximum absolute atomic E-state index is 14.3. The van der Waals surface area contributed by atoms with Crippen molar-refractivity contribution in [2.45, 2.75) is 31.4 Å². The maximum Gasteiger partial charge on any atom is 0.349 e. The Kier molecular flexibility index (Phi) is 6.50. The molecular formula is C24H23F2N3O4. The third-order valence-electron chi connectivity index (χ3n) is 5.55. The summed E-state index contributed by atoms with van der Waals surface area (Å²) in [5.74, 6) is -5.01. The zero-order valence-corrected chi connectivity index (χ0v) is 17.7.